The molecule has 1 aliphatic rings. The Morgan fingerprint density at radius 1 is 1.47 bits per heavy atom. The van der Waals surface area contributed by atoms with E-state index in [2.05, 4.69) is 10.6 Å². The minimum Gasteiger partial charge on any atom is -0.368 e. The largest absolute Gasteiger partial charge is 0.368 e. The van der Waals surface area contributed by atoms with Gasteiger partial charge < -0.3 is 16.4 Å². The molecule has 1 heterocycles. The fraction of sp³-hybridized carbons (Fsp3) is 0.800. The van der Waals surface area contributed by atoms with Gasteiger partial charge in [-0.25, -0.2) is 0 Å². The lowest BCUT2D eigenvalue weighted by atomic mass is 9.96. The van der Waals surface area contributed by atoms with Crippen molar-refractivity contribution < 1.29 is 9.59 Å². The number of amides is 2. The molecule has 5 heteroatoms. The molecule has 0 radical (unpaired) electrons. The molecule has 0 aromatic carbocycles. The van der Waals surface area contributed by atoms with E-state index in [0.29, 0.717) is 6.54 Å². The van der Waals surface area contributed by atoms with Crippen LogP contribution in [0.1, 0.15) is 26.7 Å². The molecule has 4 N–H and O–H groups in total. The van der Waals surface area contributed by atoms with Gasteiger partial charge in [0.05, 0.1) is 5.92 Å². The van der Waals surface area contributed by atoms with Gasteiger partial charge in [-0.15, -0.1) is 0 Å². The van der Waals surface area contributed by atoms with Crippen LogP contribution in [0.2, 0.25) is 0 Å². The first-order valence-electron chi connectivity index (χ1n) is 5.26. The number of hydrogen-bond donors (Lipinski definition) is 3. The van der Waals surface area contributed by atoms with E-state index >= 15 is 0 Å². The van der Waals surface area contributed by atoms with Crippen LogP contribution in [-0.4, -0.2) is 30.4 Å². The van der Waals surface area contributed by atoms with Gasteiger partial charge in [-0.05, 0) is 33.2 Å². The quantitative estimate of drug-likeness (QED) is 0.583. The highest BCUT2D eigenvalue weighted by Gasteiger charge is 2.30. The van der Waals surface area contributed by atoms with Gasteiger partial charge in [-0.2, -0.15) is 0 Å². The Hall–Kier alpha value is -1.10. The number of nitrogens with two attached hydrogens (primary N) is 1. The van der Waals surface area contributed by atoms with Gasteiger partial charge in [0.25, 0.3) is 0 Å². The number of carbonyl (C=O) groups is 2. The molecule has 1 rings (SSSR count). The van der Waals surface area contributed by atoms with Crippen molar-refractivity contribution in [2.45, 2.75) is 32.2 Å². The van der Waals surface area contributed by atoms with Crippen molar-refractivity contribution >= 4 is 11.8 Å². The van der Waals surface area contributed by atoms with Crippen molar-refractivity contribution in [3.05, 3.63) is 0 Å². The third kappa shape index (κ3) is 3.20. The topological polar surface area (TPSA) is 84.2 Å². The fourth-order valence-corrected chi connectivity index (χ4v) is 1.55. The van der Waals surface area contributed by atoms with Crippen LogP contribution in [0.15, 0.2) is 0 Å². The minimum absolute atomic E-state index is 0.0441. The molecular weight excluding hydrogens is 194 g/mol. The summed E-state index contributed by atoms with van der Waals surface area (Å²) in [6.07, 6.45) is 1.86. The van der Waals surface area contributed by atoms with Crippen LogP contribution in [0.4, 0.5) is 0 Å². The van der Waals surface area contributed by atoms with Gasteiger partial charge in [-0.3, -0.25) is 9.59 Å². The summed E-state index contributed by atoms with van der Waals surface area (Å²) < 4.78 is 0. The highest BCUT2D eigenvalue weighted by Crippen LogP contribution is 2.12. The molecule has 0 aromatic rings. The second kappa shape index (κ2) is 4.61. The summed E-state index contributed by atoms with van der Waals surface area (Å²) in [7, 11) is 0. The highest BCUT2D eigenvalue weighted by molar-refractivity contribution is 5.90. The van der Waals surface area contributed by atoms with Gasteiger partial charge in [0.1, 0.15) is 5.54 Å². The maximum Gasteiger partial charge on any atom is 0.242 e. The number of nitrogens with one attached hydrogen (secondary N) is 2. The Kier molecular flexibility index (Phi) is 3.68. The molecule has 86 valence electrons. The first-order chi connectivity index (χ1) is 6.93. The Morgan fingerprint density at radius 2 is 2.13 bits per heavy atom. The summed E-state index contributed by atoms with van der Waals surface area (Å²) >= 11 is 0. The molecule has 2 amide bonds. The molecule has 0 spiro atoms. The van der Waals surface area contributed by atoms with Gasteiger partial charge in [0.2, 0.25) is 11.8 Å². The lowest BCUT2D eigenvalue weighted by molar-refractivity contribution is -0.133. The fourth-order valence-electron chi connectivity index (χ4n) is 1.55. The van der Waals surface area contributed by atoms with Crippen LogP contribution >= 0.6 is 0 Å². The normalized spacial score (nSPS) is 22.1. The van der Waals surface area contributed by atoms with Crippen LogP contribution in [0, 0.1) is 5.92 Å². The predicted octanol–water partition coefficient (Wildman–Crippen LogP) is -0.634. The third-order valence-electron chi connectivity index (χ3n) is 2.72. The standard InChI is InChI=1S/C10H19N3O2/c1-10(2,9(11)15)13-8(14)7-4-3-5-12-6-7/h7,12H,3-6H2,1-2H3,(H2,11,15)(H,13,14). The predicted molar refractivity (Wildman–Crippen MR) is 57.0 cm³/mol. The van der Waals surface area contributed by atoms with E-state index in [-0.39, 0.29) is 11.8 Å². The van der Waals surface area contributed by atoms with Crippen molar-refractivity contribution in [2.24, 2.45) is 11.7 Å². The van der Waals surface area contributed by atoms with Crippen LogP contribution in [0.3, 0.4) is 0 Å². The Bertz CT molecular complexity index is 257. The van der Waals surface area contributed by atoms with E-state index < -0.39 is 11.4 Å². The first kappa shape index (κ1) is 12.0. The molecule has 0 aromatic heterocycles. The highest BCUT2D eigenvalue weighted by atomic mass is 16.2. The van der Waals surface area contributed by atoms with E-state index in [4.69, 9.17) is 5.73 Å². The number of hydrogen-bond acceptors (Lipinski definition) is 3. The van der Waals surface area contributed by atoms with Crippen LogP contribution in [0.25, 0.3) is 0 Å². The maximum atomic E-state index is 11.8. The molecule has 1 aliphatic heterocycles. The number of primary amides is 1. The number of rotatable bonds is 3. The van der Waals surface area contributed by atoms with E-state index in [1.807, 2.05) is 0 Å². The minimum atomic E-state index is -0.964. The zero-order valence-electron chi connectivity index (χ0n) is 9.30. The Labute approximate surface area is 89.8 Å². The summed E-state index contributed by atoms with van der Waals surface area (Å²) in [5.41, 5.74) is 4.22. The molecule has 15 heavy (non-hydrogen) atoms. The third-order valence-corrected chi connectivity index (χ3v) is 2.72. The monoisotopic (exact) mass is 213 g/mol. The second-order valence-corrected chi connectivity index (χ2v) is 4.52. The Morgan fingerprint density at radius 3 is 2.60 bits per heavy atom. The summed E-state index contributed by atoms with van der Waals surface area (Å²) in [4.78, 5) is 22.8. The Balaban J connectivity index is 2.50. The zero-order chi connectivity index (χ0) is 11.5. The van der Waals surface area contributed by atoms with Gasteiger partial charge in [-0.1, -0.05) is 0 Å². The zero-order valence-corrected chi connectivity index (χ0v) is 9.30. The number of piperidine rings is 1. The molecule has 0 bridgehead atoms. The van der Waals surface area contributed by atoms with Gasteiger partial charge in [0, 0.05) is 6.54 Å². The number of carbonyl (C=O) groups excluding carboxylic acids is 2. The summed E-state index contributed by atoms with van der Waals surface area (Å²) in [6.45, 7) is 4.87. The van der Waals surface area contributed by atoms with Crippen LogP contribution in [-0.2, 0) is 9.59 Å². The molecule has 1 saturated heterocycles. The van der Waals surface area contributed by atoms with Gasteiger partial charge >= 0.3 is 0 Å². The van der Waals surface area contributed by atoms with Crippen molar-refractivity contribution in [1.29, 1.82) is 0 Å². The van der Waals surface area contributed by atoms with Crippen molar-refractivity contribution in [2.75, 3.05) is 13.1 Å². The summed E-state index contributed by atoms with van der Waals surface area (Å²) in [6, 6.07) is 0. The lowest BCUT2D eigenvalue weighted by Crippen LogP contribution is -2.55. The smallest absolute Gasteiger partial charge is 0.242 e. The molecule has 1 fully saturated rings. The SMILES string of the molecule is CC(C)(NC(=O)C1CCCNC1)C(N)=O. The van der Waals surface area contributed by atoms with Gasteiger partial charge in [0.15, 0.2) is 0 Å². The summed E-state index contributed by atoms with van der Waals surface area (Å²) in [5, 5.41) is 5.83. The average molecular weight is 213 g/mol. The lowest BCUT2D eigenvalue weighted by Gasteiger charge is -2.27. The second-order valence-electron chi connectivity index (χ2n) is 4.52. The van der Waals surface area contributed by atoms with Crippen LogP contribution < -0.4 is 16.4 Å². The van der Waals surface area contributed by atoms with E-state index in [1.54, 1.807) is 13.8 Å². The summed E-state index contributed by atoms with van der Waals surface area (Å²) in [5.74, 6) is -0.650. The first-order valence-corrected chi connectivity index (χ1v) is 5.26. The van der Waals surface area contributed by atoms with Crippen molar-refractivity contribution in [3.8, 4) is 0 Å². The van der Waals surface area contributed by atoms with E-state index in [1.165, 1.54) is 0 Å². The molecule has 0 saturated carbocycles. The molecule has 1 unspecified atom stereocenters. The molecule has 5 nitrogen and oxygen atoms in total. The van der Waals surface area contributed by atoms with Crippen molar-refractivity contribution in [3.63, 3.8) is 0 Å². The van der Waals surface area contributed by atoms with Crippen molar-refractivity contribution in [1.82, 2.24) is 10.6 Å². The van der Waals surface area contributed by atoms with Crippen LogP contribution in [0.5, 0.6) is 0 Å². The molecule has 1 atom stereocenters. The van der Waals surface area contributed by atoms with E-state index in [0.717, 1.165) is 19.4 Å². The average Bonchev–Trinajstić information content (AvgIpc) is 2.18. The maximum absolute atomic E-state index is 11.8. The molecule has 0 aliphatic carbocycles. The molecular formula is C10H19N3O2. The van der Waals surface area contributed by atoms with E-state index in [9.17, 15) is 9.59 Å².